The lowest BCUT2D eigenvalue weighted by Crippen LogP contribution is -2.29. The summed E-state index contributed by atoms with van der Waals surface area (Å²) in [7, 11) is 0. The van der Waals surface area contributed by atoms with Crippen LogP contribution in [0.4, 0.5) is 4.39 Å². The topological polar surface area (TPSA) is 76.0 Å². The number of carbonyl (C=O) groups excluding carboxylic acids is 1. The van der Waals surface area contributed by atoms with Crippen LogP contribution in [0.3, 0.4) is 0 Å². The predicted octanol–water partition coefficient (Wildman–Crippen LogP) is 2.36. The van der Waals surface area contributed by atoms with Gasteiger partial charge in [-0.25, -0.2) is 9.18 Å². The van der Waals surface area contributed by atoms with E-state index in [2.05, 4.69) is 4.74 Å². The average molecular weight is 334 g/mol. The van der Waals surface area contributed by atoms with Crippen molar-refractivity contribution in [2.75, 3.05) is 6.61 Å². The van der Waals surface area contributed by atoms with Gasteiger partial charge >= 0.3 is 5.97 Å². The van der Waals surface area contributed by atoms with Gasteiger partial charge in [-0.05, 0) is 30.7 Å². The number of benzene rings is 2. The number of ether oxygens (including phenoxy) is 2. The molecule has 2 aromatic carbocycles. The summed E-state index contributed by atoms with van der Waals surface area (Å²) in [6.45, 7) is 1.80. The van der Waals surface area contributed by atoms with E-state index in [0.717, 1.165) is 0 Å². The molecule has 0 amide bonds. The van der Waals surface area contributed by atoms with E-state index in [-0.39, 0.29) is 19.0 Å². The molecule has 0 radical (unpaired) electrons. The Morgan fingerprint density at radius 1 is 1.12 bits per heavy atom. The molecule has 2 rings (SSSR count). The van der Waals surface area contributed by atoms with Crippen molar-refractivity contribution in [3.05, 3.63) is 65.5 Å². The summed E-state index contributed by atoms with van der Waals surface area (Å²) in [4.78, 5) is 11.4. The first kappa shape index (κ1) is 17.9. The molecule has 2 atom stereocenters. The number of aliphatic hydroxyl groups excluding tert-OH is 2. The molecule has 0 aliphatic carbocycles. The number of aliphatic hydroxyl groups is 2. The summed E-state index contributed by atoms with van der Waals surface area (Å²) in [5.74, 6) is -0.758. The van der Waals surface area contributed by atoms with Gasteiger partial charge in [0.05, 0.1) is 6.61 Å². The molecule has 0 fully saturated rings. The zero-order chi connectivity index (χ0) is 17.5. The van der Waals surface area contributed by atoms with Gasteiger partial charge in [-0.1, -0.05) is 30.3 Å². The van der Waals surface area contributed by atoms with Crippen LogP contribution in [-0.4, -0.2) is 28.9 Å². The maximum atomic E-state index is 13.5. The smallest absolute Gasteiger partial charge is 0.338 e. The number of rotatable bonds is 7. The molecule has 0 heterocycles. The first-order chi connectivity index (χ1) is 11.5. The van der Waals surface area contributed by atoms with E-state index >= 15 is 0 Å². The quantitative estimate of drug-likeness (QED) is 0.760. The first-order valence-electron chi connectivity index (χ1n) is 7.52. The minimum Gasteiger partial charge on any atom is -0.489 e. The maximum Gasteiger partial charge on any atom is 0.338 e. The second-order valence-corrected chi connectivity index (χ2v) is 5.09. The summed E-state index contributed by atoms with van der Waals surface area (Å²) in [5, 5.41) is 19.7. The molecule has 0 aliphatic rings. The van der Waals surface area contributed by atoms with Gasteiger partial charge in [0, 0.05) is 5.56 Å². The highest BCUT2D eigenvalue weighted by atomic mass is 19.1. The molecular formula is C18H19FO5. The highest BCUT2D eigenvalue weighted by Crippen LogP contribution is 2.22. The molecule has 24 heavy (non-hydrogen) atoms. The van der Waals surface area contributed by atoms with Crippen LogP contribution < -0.4 is 4.74 Å². The number of hydrogen-bond acceptors (Lipinski definition) is 5. The molecule has 5 nitrogen and oxygen atoms in total. The van der Waals surface area contributed by atoms with Crippen molar-refractivity contribution in [3.8, 4) is 5.75 Å². The van der Waals surface area contributed by atoms with Crippen LogP contribution in [0.5, 0.6) is 5.75 Å². The SMILES string of the molecule is CCOC(=O)C(O)C(O)c1ccc(OCc2ccccc2F)cc1. The van der Waals surface area contributed by atoms with E-state index < -0.39 is 18.2 Å². The number of hydrogen-bond donors (Lipinski definition) is 2. The number of esters is 1. The van der Waals surface area contributed by atoms with Gasteiger partial charge in [0.15, 0.2) is 6.10 Å². The van der Waals surface area contributed by atoms with Crippen molar-refractivity contribution in [1.29, 1.82) is 0 Å². The standard InChI is InChI=1S/C18H19FO5/c1-2-23-18(22)17(21)16(20)12-7-9-14(10-8-12)24-11-13-5-3-4-6-15(13)19/h3-10,16-17,20-21H,2,11H2,1H3. The molecule has 0 saturated carbocycles. The van der Waals surface area contributed by atoms with E-state index in [1.807, 2.05) is 0 Å². The lowest BCUT2D eigenvalue weighted by molar-refractivity contribution is -0.159. The number of carbonyl (C=O) groups is 1. The average Bonchev–Trinajstić information content (AvgIpc) is 2.60. The Kier molecular flexibility index (Phi) is 6.28. The highest BCUT2D eigenvalue weighted by Gasteiger charge is 2.26. The molecule has 2 aromatic rings. The van der Waals surface area contributed by atoms with Crippen LogP contribution in [0.15, 0.2) is 48.5 Å². The van der Waals surface area contributed by atoms with Crippen LogP contribution in [0, 0.1) is 5.82 Å². The third-order valence-electron chi connectivity index (χ3n) is 3.40. The van der Waals surface area contributed by atoms with Crippen LogP contribution in [0.1, 0.15) is 24.2 Å². The summed E-state index contributed by atoms with van der Waals surface area (Å²) >= 11 is 0. The molecule has 0 aromatic heterocycles. The molecular weight excluding hydrogens is 315 g/mol. The van der Waals surface area contributed by atoms with Gasteiger partial charge in [-0.15, -0.1) is 0 Å². The molecule has 0 saturated heterocycles. The van der Waals surface area contributed by atoms with Crippen LogP contribution in [0.2, 0.25) is 0 Å². The zero-order valence-electron chi connectivity index (χ0n) is 13.2. The van der Waals surface area contributed by atoms with Crippen molar-refractivity contribution in [2.45, 2.75) is 25.7 Å². The Morgan fingerprint density at radius 2 is 1.79 bits per heavy atom. The monoisotopic (exact) mass is 334 g/mol. The van der Waals surface area contributed by atoms with E-state index in [1.165, 1.54) is 18.2 Å². The van der Waals surface area contributed by atoms with Gasteiger partial charge in [0.25, 0.3) is 0 Å². The fourth-order valence-electron chi connectivity index (χ4n) is 2.08. The second kappa shape index (κ2) is 8.42. The summed E-state index contributed by atoms with van der Waals surface area (Å²) in [5.41, 5.74) is 0.771. The lowest BCUT2D eigenvalue weighted by atomic mass is 10.0. The third kappa shape index (κ3) is 4.53. The molecule has 0 spiro atoms. The Labute approximate surface area is 139 Å². The van der Waals surface area contributed by atoms with Crippen molar-refractivity contribution in [1.82, 2.24) is 0 Å². The van der Waals surface area contributed by atoms with Crippen LogP contribution >= 0.6 is 0 Å². The normalized spacial score (nSPS) is 13.2. The Bertz CT molecular complexity index is 671. The second-order valence-electron chi connectivity index (χ2n) is 5.09. The van der Waals surface area contributed by atoms with Crippen molar-refractivity contribution < 1.29 is 28.9 Å². The first-order valence-corrected chi connectivity index (χ1v) is 7.52. The molecule has 6 heteroatoms. The Balaban J connectivity index is 1.97. The molecule has 128 valence electrons. The summed E-state index contributed by atoms with van der Waals surface area (Å²) < 4.78 is 23.6. The molecule has 0 bridgehead atoms. The van der Waals surface area contributed by atoms with Crippen LogP contribution in [-0.2, 0) is 16.1 Å². The van der Waals surface area contributed by atoms with Crippen molar-refractivity contribution in [3.63, 3.8) is 0 Å². The minimum atomic E-state index is -1.66. The fourth-order valence-corrected chi connectivity index (χ4v) is 2.08. The van der Waals surface area contributed by atoms with E-state index in [0.29, 0.717) is 16.9 Å². The number of halogens is 1. The van der Waals surface area contributed by atoms with Gasteiger partial charge in [0.2, 0.25) is 0 Å². The summed E-state index contributed by atoms with van der Waals surface area (Å²) in [6, 6.07) is 12.5. The molecule has 2 unspecified atom stereocenters. The van der Waals surface area contributed by atoms with Crippen molar-refractivity contribution in [2.24, 2.45) is 0 Å². The van der Waals surface area contributed by atoms with Gasteiger partial charge in [0.1, 0.15) is 24.3 Å². The fraction of sp³-hybridized carbons (Fsp3) is 0.278. The molecule has 2 N–H and O–H groups in total. The van der Waals surface area contributed by atoms with Crippen LogP contribution in [0.25, 0.3) is 0 Å². The van der Waals surface area contributed by atoms with Gasteiger partial charge in [-0.2, -0.15) is 0 Å². The van der Waals surface area contributed by atoms with E-state index in [1.54, 1.807) is 37.3 Å². The van der Waals surface area contributed by atoms with E-state index in [4.69, 9.17) is 4.74 Å². The Hall–Kier alpha value is -2.44. The Morgan fingerprint density at radius 3 is 2.42 bits per heavy atom. The third-order valence-corrected chi connectivity index (χ3v) is 3.40. The highest BCUT2D eigenvalue weighted by molar-refractivity contribution is 5.75. The summed E-state index contributed by atoms with van der Waals surface area (Å²) in [6.07, 6.45) is -3.06. The largest absolute Gasteiger partial charge is 0.489 e. The van der Waals surface area contributed by atoms with Gasteiger partial charge in [-0.3, -0.25) is 0 Å². The maximum absolute atomic E-state index is 13.5. The van der Waals surface area contributed by atoms with E-state index in [9.17, 15) is 19.4 Å². The minimum absolute atomic E-state index is 0.0695. The predicted molar refractivity (Wildman–Crippen MR) is 84.8 cm³/mol. The molecule has 0 aliphatic heterocycles. The lowest BCUT2D eigenvalue weighted by Gasteiger charge is -2.17. The zero-order valence-corrected chi connectivity index (χ0v) is 13.2. The van der Waals surface area contributed by atoms with Gasteiger partial charge < -0.3 is 19.7 Å². The van der Waals surface area contributed by atoms with Crippen molar-refractivity contribution >= 4 is 5.97 Å².